The molecule has 0 atom stereocenters. The average molecular weight is 308 g/mol. The lowest BCUT2D eigenvalue weighted by atomic mass is 9.78. The zero-order valence-electron chi connectivity index (χ0n) is 11.0. The first-order valence-electron chi connectivity index (χ1n) is 5.82. The highest BCUT2D eigenvalue weighted by Gasteiger charge is 2.52. The van der Waals surface area contributed by atoms with E-state index in [0.29, 0.717) is 5.56 Å². The van der Waals surface area contributed by atoms with Crippen molar-refractivity contribution < 1.29 is 9.31 Å². The fraction of sp³-hybridized carbons (Fsp3) is 0.462. The van der Waals surface area contributed by atoms with Crippen LogP contribution in [-0.2, 0) is 9.31 Å². The molecule has 0 radical (unpaired) electrons. The molecule has 1 aliphatic rings. The van der Waals surface area contributed by atoms with E-state index in [9.17, 15) is 0 Å². The lowest BCUT2D eigenvalue weighted by molar-refractivity contribution is 0.00578. The molecule has 18 heavy (non-hydrogen) atoms. The molecule has 3 nitrogen and oxygen atoms in total. The van der Waals surface area contributed by atoms with Crippen LogP contribution in [0.5, 0.6) is 0 Å². The molecule has 0 spiro atoms. The molecule has 1 heterocycles. The van der Waals surface area contributed by atoms with Gasteiger partial charge in [-0.2, -0.15) is 5.26 Å². The Morgan fingerprint density at radius 1 is 1.17 bits per heavy atom. The standard InChI is InChI=1S/C13H15BBrNO2/c1-12(2)13(3,4)18-14(17-12)10-7-9(8-16)5-6-11(10)15/h5-7H,1-4H3. The van der Waals surface area contributed by atoms with Crippen LogP contribution in [0.15, 0.2) is 22.7 Å². The fourth-order valence-electron chi connectivity index (χ4n) is 1.76. The Bertz CT molecular complexity index is 506. The molecular formula is C13H15BBrNO2. The van der Waals surface area contributed by atoms with Gasteiger partial charge in [0, 0.05) is 4.47 Å². The number of rotatable bonds is 1. The molecule has 1 aliphatic heterocycles. The summed E-state index contributed by atoms with van der Waals surface area (Å²) in [6.07, 6.45) is 0. The number of halogens is 1. The molecule has 1 saturated heterocycles. The second-order valence-corrected chi connectivity index (χ2v) is 6.29. The minimum atomic E-state index is -0.447. The lowest BCUT2D eigenvalue weighted by Crippen LogP contribution is -2.41. The van der Waals surface area contributed by atoms with E-state index in [2.05, 4.69) is 22.0 Å². The predicted octanol–water partition coefficient (Wildman–Crippen LogP) is 2.62. The molecule has 0 bridgehead atoms. The molecule has 0 aliphatic carbocycles. The van der Waals surface area contributed by atoms with Crippen molar-refractivity contribution in [3.8, 4) is 6.07 Å². The Morgan fingerprint density at radius 2 is 1.72 bits per heavy atom. The summed E-state index contributed by atoms with van der Waals surface area (Å²) in [6.45, 7) is 8.04. The van der Waals surface area contributed by atoms with Crippen LogP contribution in [0.2, 0.25) is 0 Å². The van der Waals surface area contributed by atoms with E-state index in [1.165, 1.54) is 0 Å². The highest BCUT2D eigenvalue weighted by atomic mass is 79.9. The number of nitrogens with zero attached hydrogens (tertiary/aromatic N) is 1. The lowest BCUT2D eigenvalue weighted by Gasteiger charge is -2.32. The third-order valence-corrected chi connectivity index (χ3v) is 4.35. The van der Waals surface area contributed by atoms with Gasteiger partial charge in [0.1, 0.15) is 0 Å². The largest absolute Gasteiger partial charge is 0.496 e. The van der Waals surface area contributed by atoms with E-state index in [0.717, 1.165) is 9.94 Å². The summed E-state index contributed by atoms with van der Waals surface area (Å²) in [5.41, 5.74) is 0.704. The normalized spacial score (nSPS) is 20.8. The Balaban J connectivity index is 2.38. The van der Waals surface area contributed by atoms with Crippen LogP contribution in [0.1, 0.15) is 33.3 Å². The molecular weight excluding hydrogens is 293 g/mol. The molecule has 0 N–H and O–H groups in total. The molecule has 1 fully saturated rings. The molecule has 0 saturated carbocycles. The first-order chi connectivity index (χ1) is 8.27. The number of nitriles is 1. The number of hydrogen-bond acceptors (Lipinski definition) is 3. The highest BCUT2D eigenvalue weighted by molar-refractivity contribution is 9.10. The van der Waals surface area contributed by atoms with E-state index < -0.39 is 7.12 Å². The van der Waals surface area contributed by atoms with Gasteiger partial charge in [-0.25, -0.2) is 0 Å². The quantitative estimate of drug-likeness (QED) is 0.749. The van der Waals surface area contributed by atoms with Gasteiger partial charge in [-0.05, 0) is 51.4 Å². The molecule has 5 heteroatoms. The van der Waals surface area contributed by atoms with Gasteiger partial charge < -0.3 is 9.31 Å². The second kappa shape index (κ2) is 4.38. The Labute approximate surface area is 116 Å². The van der Waals surface area contributed by atoms with Crippen LogP contribution in [0.25, 0.3) is 0 Å². The fourth-order valence-corrected chi connectivity index (χ4v) is 2.20. The van der Waals surface area contributed by atoms with E-state index in [1.807, 2.05) is 33.8 Å². The Kier molecular flexibility index (Phi) is 3.31. The molecule has 0 unspecified atom stereocenters. The van der Waals surface area contributed by atoms with Crippen LogP contribution < -0.4 is 5.46 Å². The maximum absolute atomic E-state index is 8.95. The number of benzene rings is 1. The van der Waals surface area contributed by atoms with E-state index in [4.69, 9.17) is 14.6 Å². The summed E-state index contributed by atoms with van der Waals surface area (Å²) < 4.78 is 12.8. The Hall–Kier alpha value is -0.825. The molecule has 1 aromatic carbocycles. The highest BCUT2D eigenvalue weighted by Crippen LogP contribution is 2.37. The van der Waals surface area contributed by atoms with Crippen molar-refractivity contribution in [2.45, 2.75) is 38.9 Å². The maximum atomic E-state index is 8.95. The topological polar surface area (TPSA) is 42.2 Å². The summed E-state index contributed by atoms with van der Waals surface area (Å²) in [7, 11) is -0.447. The van der Waals surface area contributed by atoms with Gasteiger partial charge in [-0.1, -0.05) is 15.9 Å². The first kappa shape index (κ1) is 13.6. The molecule has 94 valence electrons. The van der Waals surface area contributed by atoms with Gasteiger partial charge in [-0.15, -0.1) is 0 Å². The van der Waals surface area contributed by atoms with Gasteiger partial charge >= 0.3 is 7.12 Å². The predicted molar refractivity (Wildman–Crippen MR) is 74.6 cm³/mol. The summed E-state index contributed by atoms with van der Waals surface area (Å²) in [5, 5.41) is 8.95. The zero-order chi connectivity index (χ0) is 13.6. The van der Waals surface area contributed by atoms with Gasteiger partial charge in [-0.3, -0.25) is 0 Å². The third kappa shape index (κ3) is 2.21. The summed E-state index contributed by atoms with van der Waals surface area (Å²) in [5.74, 6) is 0. The van der Waals surface area contributed by atoms with Crippen LogP contribution in [-0.4, -0.2) is 18.3 Å². The Morgan fingerprint density at radius 3 is 2.22 bits per heavy atom. The van der Waals surface area contributed by atoms with Crippen LogP contribution in [0, 0.1) is 11.3 Å². The van der Waals surface area contributed by atoms with Gasteiger partial charge in [0.2, 0.25) is 0 Å². The zero-order valence-corrected chi connectivity index (χ0v) is 12.5. The molecule has 1 aromatic rings. The van der Waals surface area contributed by atoms with Crippen LogP contribution >= 0.6 is 15.9 Å². The van der Waals surface area contributed by atoms with Gasteiger partial charge in [0.05, 0.1) is 22.8 Å². The van der Waals surface area contributed by atoms with Crippen molar-refractivity contribution in [2.24, 2.45) is 0 Å². The van der Waals surface area contributed by atoms with Crippen LogP contribution in [0.4, 0.5) is 0 Å². The van der Waals surface area contributed by atoms with Crippen molar-refractivity contribution in [3.05, 3.63) is 28.2 Å². The maximum Gasteiger partial charge on any atom is 0.496 e. The molecule has 2 rings (SSSR count). The van der Waals surface area contributed by atoms with Crippen molar-refractivity contribution in [2.75, 3.05) is 0 Å². The summed E-state index contributed by atoms with van der Waals surface area (Å²) >= 11 is 3.48. The smallest absolute Gasteiger partial charge is 0.399 e. The third-order valence-electron chi connectivity index (χ3n) is 3.63. The summed E-state index contributed by atoms with van der Waals surface area (Å²) in [4.78, 5) is 0. The first-order valence-corrected chi connectivity index (χ1v) is 6.61. The van der Waals surface area contributed by atoms with E-state index in [1.54, 1.807) is 12.1 Å². The minimum absolute atomic E-state index is 0.375. The van der Waals surface area contributed by atoms with Crippen LogP contribution in [0.3, 0.4) is 0 Å². The van der Waals surface area contributed by atoms with Crippen molar-refractivity contribution in [1.82, 2.24) is 0 Å². The second-order valence-electron chi connectivity index (χ2n) is 5.44. The van der Waals surface area contributed by atoms with E-state index >= 15 is 0 Å². The number of hydrogen-bond donors (Lipinski definition) is 0. The monoisotopic (exact) mass is 307 g/mol. The van der Waals surface area contributed by atoms with Crippen molar-refractivity contribution >= 4 is 28.5 Å². The van der Waals surface area contributed by atoms with Gasteiger partial charge in [0.25, 0.3) is 0 Å². The SMILES string of the molecule is CC1(C)OB(c2cc(C#N)ccc2Br)OC1(C)C. The van der Waals surface area contributed by atoms with Crippen molar-refractivity contribution in [1.29, 1.82) is 5.26 Å². The van der Waals surface area contributed by atoms with Gasteiger partial charge in [0.15, 0.2) is 0 Å². The molecule has 0 aromatic heterocycles. The van der Waals surface area contributed by atoms with E-state index in [-0.39, 0.29) is 11.2 Å². The molecule has 0 amide bonds. The summed E-state index contributed by atoms with van der Waals surface area (Å²) in [6, 6.07) is 7.53. The van der Waals surface area contributed by atoms with Crippen molar-refractivity contribution in [3.63, 3.8) is 0 Å². The minimum Gasteiger partial charge on any atom is -0.399 e. The average Bonchev–Trinajstić information content (AvgIpc) is 2.48.